The van der Waals surface area contributed by atoms with Crippen LogP contribution in [0.5, 0.6) is 0 Å². The van der Waals surface area contributed by atoms with E-state index in [0.717, 1.165) is 0 Å². The van der Waals surface area contributed by atoms with Crippen LogP contribution in [0.3, 0.4) is 0 Å². The molecule has 0 nitrogen and oxygen atoms in total. The van der Waals surface area contributed by atoms with Crippen LogP contribution in [-0.4, -0.2) is 0 Å². The monoisotopic (exact) mass is 406 g/mol. The molecule has 2 aromatic carbocycles. The van der Waals surface area contributed by atoms with Crippen LogP contribution in [0, 0.1) is 10.8 Å². The van der Waals surface area contributed by atoms with Gasteiger partial charge in [0.2, 0.25) is 0 Å². The van der Waals surface area contributed by atoms with Crippen LogP contribution in [0.15, 0.2) is 36.4 Å². The molecule has 0 amide bonds. The zero-order chi connectivity index (χ0) is 23.0. The van der Waals surface area contributed by atoms with Gasteiger partial charge in [-0.3, -0.25) is 0 Å². The van der Waals surface area contributed by atoms with Crippen molar-refractivity contribution in [3.05, 3.63) is 58.7 Å². The fraction of sp³-hybridized carbons (Fsp3) is 0.600. The lowest BCUT2D eigenvalue weighted by Crippen LogP contribution is -2.31. The largest absolute Gasteiger partial charge is 0.0619 e. The molecule has 2 rings (SSSR count). The van der Waals surface area contributed by atoms with Gasteiger partial charge in [0.25, 0.3) is 0 Å². The van der Waals surface area contributed by atoms with Crippen LogP contribution in [0.1, 0.15) is 129 Å². The molecule has 2 aromatic rings. The fourth-order valence-electron chi connectivity index (χ4n) is 5.48. The van der Waals surface area contributed by atoms with Gasteiger partial charge in [-0.05, 0) is 67.9 Å². The Labute approximate surface area is 187 Å². The van der Waals surface area contributed by atoms with E-state index in [1.807, 2.05) is 0 Å². The van der Waals surface area contributed by atoms with Crippen molar-refractivity contribution in [2.45, 2.75) is 107 Å². The first-order valence-corrected chi connectivity index (χ1v) is 11.9. The van der Waals surface area contributed by atoms with Crippen LogP contribution in [0.2, 0.25) is 0 Å². The lowest BCUT2D eigenvalue weighted by atomic mass is 9.62. The van der Waals surface area contributed by atoms with Crippen molar-refractivity contribution in [3.63, 3.8) is 0 Å². The number of rotatable bonds is 5. The normalized spacial score (nSPS) is 13.2. The molecule has 0 bridgehead atoms. The van der Waals surface area contributed by atoms with E-state index in [9.17, 15) is 0 Å². The summed E-state index contributed by atoms with van der Waals surface area (Å²) in [5.74, 6) is 1.99. The van der Waals surface area contributed by atoms with Crippen LogP contribution in [0.4, 0.5) is 0 Å². The minimum absolute atomic E-state index is 0.183. The minimum atomic E-state index is 0.183. The van der Waals surface area contributed by atoms with Crippen LogP contribution in [0.25, 0.3) is 11.1 Å². The molecule has 0 aliphatic rings. The van der Waals surface area contributed by atoms with Crippen molar-refractivity contribution in [1.82, 2.24) is 0 Å². The molecule has 0 spiro atoms. The van der Waals surface area contributed by atoms with Gasteiger partial charge in [0.05, 0.1) is 0 Å². The maximum Gasteiger partial charge on any atom is -0.00584 e. The average molecular weight is 407 g/mol. The van der Waals surface area contributed by atoms with Gasteiger partial charge < -0.3 is 0 Å². The second-order valence-corrected chi connectivity index (χ2v) is 12.3. The highest BCUT2D eigenvalue weighted by atomic mass is 14.4. The first-order valence-electron chi connectivity index (χ1n) is 11.9. The molecule has 30 heavy (non-hydrogen) atoms. The summed E-state index contributed by atoms with van der Waals surface area (Å²) in [6, 6.07) is 14.2. The van der Waals surface area contributed by atoms with Gasteiger partial charge in [-0.2, -0.15) is 0 Å². The Morgan fingerprint density at radius 2 is 1.00 bits per heavy atom. The van der Waals surface area contributed by atoms with Gasteiger partial charge in [-0.25, -0.2) is 0 Å². The third-order valence-corrected chi connectivity index (χ3v) is 6.41. The van der Waals surface area contributed by atoms with E-state index >= 15 is 0 Å². The lowest BCUT2D eigenvalue weighted by molar-refractivity contribution is 0.176. The Kier molecular flexibility index (Phi) is 7.33. The maximum atomic E-state index is 2.48. The molecule has 0 saturated carbocycles. The fourth-order valence-corrected chi connectivity index (χ4v) is 5.48. The number of benzene rings is 2. The Morgan fingerprint density at radius 3 is 1.37 bits per heavy atom. The van der Waals surface area contributed by atoms with Crippen LogP contribution >= 0.6 is 0 Å². The standard InChI is InChI=1S/C30H46/c1-19(2)22-17-25(20(3)4)27(26(18-22)21(5)6)23-15-13-14-16-24(23)28(29(7,8)9)30(10,11)12/h13-21,28H,1-12H3. The van der Waals surface area contributed by atoms with E-state index < -0.39 is 0 Å². The smallest absolute Gasteiger partial charge is 0.00584 e. The van der Waals surface area contributed by atoms with Gasteiger partial charge in [-0.1, -0.05) is 119 Å². The van der Waals surface area contributed by atoms with E-state index in [4.69, 9.17) is 0 Å². The molecular formula is C30H46. The Bertz CT molecular complexity index is 807. The molecule has 0 heteroatoms. The van der Waals surface area contributed by atoms with E-state index in [1.54, 1.807) is 0 Å². The van der Waals surface area contributed by atoms with Crippen molar-refractivity contribution in [2.24, 2.45) is 10.8 Å². The van der Waals surface area contributed by atoms with Gasteiger partial charge in [0, 0.05) is 0 Å². The summed E-state index contributed by atoms with van der Waals surface area (Å²) < 4.78 is 0. The van der Waals surface area contributed by atoms with Gasteiger partial charge >= 0.3 is 0 Å². The van der Waals surface area contributed by atoms with E-state index in [2.05, 4.69) is 119 Å². The molecule has 0 atom stereocenters. The van der Waals surface area contributed by atoms with Crippen LogP contribution in [-0.2, 0) is 0 Å². The molecule has 0 unspecified atom stereocenters. The summed E-state index contributed by atoms with van der Waals surface area (Å²) in [5, 5.41) is 0. The second kappa shape index (κ2) is 8.89. The summed E-state index contributed by atoms with van der Waals surface area (Å²) in [6.07, 6.45) is 0. The van der Waals surface area contributed by atoms with Crippen LogP contribution < -0.4 is 0 Å². The summed E-state index contributed by atoms with van der Waals surface area (Å²) >= 11 is 0. The molecule has 166 valence electrons. The molecular weight excluding hydrogens is 360 g/mol. The molecule has 0 aliphatic heterocycles. The third kappa shape index (κ3) is 5.19. The Balaban J connectivity index is 2.96. The van der Waals surface area contributed by atoms with Crippen molar-refractivity contribution in [2.75, 3.05) is 0 Å². The minimum Gasteiger partial charge on any atom is -0.0619 e. The van der Waals surface area contributed by atoms with E-state index in [1.165, 1.54) is 33.4 Å². The summed E-state index contributed by atoms with van der Waals surface area (Å²) in [6.45, 7) is 28.4. The van der Waals surface area contributed by atoms with Gasteiger partial charge in [0.1, 0.15) is 0 Å². The zero-order valence-corrected chi connectivity index (χ0v) is 21.8. The first kappa shape index (κ1) is 24.7. The third-order valence-electron chi connectivity index (χ3n) is 6.41. The highest BCUT2D eigenvalue weighted by Crippen LogP contribution is 2.51. The molecule has 0 saturated heterocycles. The number of hydrogen-bond acceptors (Lipinski definition) is 0. The van der Waals surface area contributed by atoms with Gasteiger partial charge in [0.15, 0.2) is 0 Å². The predicted octanol–water partition coefficient (Wildman–Crippen LogP) is 9.90. The Morgan fingerprint density at radius 1 is 0.567 bits per heavy atom. The lowest BCUT2D eigenvalue weighted by Gasteiger charge is -2.42. The highest BCUT2D eigenvalue weighted by Gasteiger charge is 2.38. The van der Waals surface area contributed by atoms with E-state index in [-0.39, 0.29) is 10.8 Å². The molecule has 0 aliphatic carbocycles. The first-order chi connectivity index (χ1) is 13.7. The predicted molar refractivity (Wildman–Crippen MR) is 136 cm³/mol. The molecule has 0 aromatic heterocycles. The maximum absolute atomic E-state index is 2.48. The van der Waals surface area contributed by atoms with Crippen molar-refractivity contribution in [3.8, 4) is 11.1 Å². The molecule has 0 fully saturated rings. The SMILES string of the molecule is CC(C)c1cc(C(C)C)c(-c2ccccc2C(C(C)(C)C)C(C)(C)C)c(C(C)C)c1. The molecule has 0 radical (unpaired) electrons. The number of hydrogen-bond donors (Lipinski definition) is 0. The Hall–Kier alpha value is -1.56. The van der Waals surface area contributed by atoms with Crippen molar-refractivity contribution < 1.29 is 0 Å². The summed E-state index contributed by atoms with van der Waals surface area (Å²) in [5.41, 5.74) is 9.25. The average Bonchev–Trinajstić information content (AvgIpc) is 2.58. The molecule has 0 N–H and O–H groups in total. The topological polar surface area (TPSA) is 0 Å². The second-order valence-electron chi connectivity index (χ2n) is 12.3. The summed E-state index contributed by atoms with van der Waals surface area (Å²) in [7, 11) is 0. The van der Waals surface area contributed by atoms with Crippen molar-refractivity contribution >= 4 is 0 Å². The highest BCUT2D eigenvalue weighted by molar-refractivity contribution is 5.76. The zero-order valence-electron chi connectivity index (χ0n) is 21.8. The van der Waals surface area contributed by atoms with Crippen molar-refractivity contribution in [1.29, 1.82) is 0 Å². The summed E-state index contributed by atoms with van der Waals surface area (Å²) in [4.78, 5) is 0. The van der Waals surface area contributed by atoms with Gasteiger partial charge in [-0.15, -0.1) is 0 Å². The molecule has 0 heterocycles. The quantitative estimate of drug-likeness (QED) is 0.463. The van der Waals surface area contributed by atoms with E-state index in [0.29, 0.717) is 23.7 Å².